The van der Waals surface area contributed by atoms with Crippen molar-refractivity contribution in [2.24, 2.45) is 4.99 Å². The summed E-state index contributed by atoms with van der Waals surface area (Å²) in [6.45, 7) is 9.27. The van der Waals surface area contributed by atoms with E-state index in [4.69, 9.17) is 0 Å². The fourth-order valence-corrected chi connectivity index (χ4v) is 4.72. The van der Waals surface area contributed by atoms with Crippen LogP contribution in [-0.2, 0) is 0 Å². The van der Waals surface area contributed by atoms with Gasteiger partial charge >= 0.3 is 0 Å². The molecule has 3 heterocycles. The fourth-order valence-electron chi connectivity index (χ4n) is 4.72. The topological polar surface area (TPSA) is 50.2 Å². The minimum absolute atomic E-state index is 0.480. The van der Waals surface area contributed by atoms with E-state index in [1.165, 1.54) is 5.56 Å². The second kappa shape index (κ2) is 11.3. The van der Waals surface area contributed by atoms with Gasteiger partial charge in [-0.05, 0) is 31.2 Å². The summed E-state index contributed by atoms with van der Waals surface area (Å²) in [6.07, 6.45) is 2.98. The molecule has 0 spiro atoms. The number of nitrogens with zero attached hydrogens (tertiary/aromatic N) is 6. The second-order valence-electron chi connectivity index (χ2n) is 8.71. The molecule has 2 aromatic rings. The maximum atomic E-state index is 4.54. The molecule has 2 fully saturated rings. The van der Waals surface area contributed by atoms with Crippen molar-refractivity contribution in [1.29, 1.82) is 0 Å². The van der Waals surface area contributed by atoms with E-state index in [0.29, 0.717) is 6.04 Å². The van der Waals surface area contributed by atoms with Crippen LogP contribution in [0.25, 0.3) is 0 Å². The van der Waals surface area contributed by atoms with Gasteiger partial charge in [-0.2, -0.15) is 0 Å². The van der Waals surface area contributed by atoms with Gasteiger partial charge in [-0.25, -0.2) is 4.98 Å². The number of rotatable bonds is 6. The van der Waals surface area contributed by atoms with Gasteiger partial charge in [0, 0.05) is 78.2 Å². The lowest BCUT2D eigenvalue weighted by Crippen LogP contribution is -2.53. The Morgan fingerprint density at radius 3 is 2.50 bits per heavy atom. The van der Waals surface area contributed by atoms with Gasteiger partial charge in [0.05, 0.1) is 0 Å². The van der Waals surface area contributed by atoms with Crippen molar-refractivity contribution in [3.05, 3.63) is 60.3 Å². The van der Waals surface area contributed by atoms with E-state index in [9.17, 15) is 0 Å². The standard InChI is InChI=1S/C25H37N7/c1-26-25(32-19-17-31(18-20-32)24-11-6-7-12-27-24)28-13-8-14-30-16-15-29(2)21-23(30)22-9-4-3-5-10-22/h3-7,9-12,23H,8,13-21H2,1-2H3,(H,26,28). The molecule has 2 saturated heterocycles. The van der Waals surface area contributed by atoms with Gasteiger partial charge in [-0.1, -0.05) is 36.4 Å². The number of aromatic nitrogens is 1. The molecule has 1 unspecified atom stereocenters. The summed E-state index contributed by atoms with van der Waals surface area (Å²) in [6, 6.07) is 17.5. The number of pyridine rings is 1. The Hall–Kier alpha value is -2.64. The number of piperazine rings is 2. The lowest BCUT2D eigenvalue weighted by Gasteiger charge is -2.40. The van der Waals surface area contributed by atoms with Crippen LogP contribution in [0.2, 0.25) is 0 Å². The Balaban J connectivity index is 1.23. The van der Waals surface area contributed by atoms with E-state index in [0.717, 1.165) is 77.1 Å². The zero-order valence-corrected chi connectivity index (χ0v) is 19.5. The summed E-state index contributed by atoms with van der Waals surface area (Å²) in [5, 5.41) is 3.60. The predicted molar refractivity (Wildman–Crippen MR) is 132 cm³/mol. The maximum absolute atomic E-state index is 4.54. The number of nitrogens with one attached hydrogen (secondary N) is 1. The van der Waals surface area contributed by atoms with E-state index in [1.807, 2.05) is 19.3 Å². The molecule has 0 saturated carbocycles. The van der Waals surface area contributed by atoms with Crippen molar-refractivity contribution in [3.63, 3.8) is 0 Å². The molecule has 2 aliphatic rings. The molecule has 7 heteroatoms. The highest BCUT2D eigenvalue weighted by atomic mass is 15.4. The third kappa shape index (κ3) is 5.78. The summed E-state index contributed by atoms with van der Waals surface area (Å²) < 4.78 is 0. The average Bonchev–Trinajstić information content (AvgIpc) is 2.86. The lowest BCUT2D eigenvalue weighted by atomic mass is 10.0. The zero-order valence-electron chi connectivity index (χ0n) is 19.5. The normalized spacial score (nSPS) is 21.1. The Morgan fingerprint density at radius 1 is 1.00 bits per heavy atom. The van der Waals surface area contributed by atoms with Crippen LogP contribution in [-0.4, -0.2) is 98.6 Å². The third-order valence-corrected chi connectivity index (χ3v) is 6.55. The monoisotopic (exact) mass is 435 g/mol. The average molecular weight is 436 g/mol. The van der Waals surface area contributed by atoms with Crippen molar-refractivity contribution < 1.29 is 0 Å². The molecule has 2 aliphatic heterocycles. The number of hydrogen-bond acceptors (Lipinski definition) is 5. The number of aliphatic imine (C=N–C) groups is 1. The summed E-state index contributed by atoms with van der Waals surface area (Å²) in [7, 11) is 4.12. The Morgan fingerprint density at radius 2 is 1.78 bits per heavy atom. The molecule has 1 N–H and O–H groups in total. The first kappa shape index (κ1) is 22.6. The largest absolute Gasteiger partial charge is 0.356 e. The molecule has 0 aliphatic carbocycles. The van der Waals surface area contributed by atoms with Crippen LogP contribution >= 0.6 is 0 Å². The van der Waals surface area contributed by atoms with E-state index >= 15 is 0 Å². The number of hydrogen-bond donors (Lipinski definition) is 1. The fraction of sp³-hybridized carbons (Fsp3) is 0.520. The van der Waals surface area contributed by atoms with Crippen molar-refractivity contribution in [2.75, 3.05) is 77.9 Å². The van der Waals surface area contributed by atoms with Crippen LogP contribution in [0.1, 0.15) is 18.0 Å². The van der Waals surface area contributed by atoms with Crippen LogP contribution in [0, 0.1) is 0 Å². The van der Waals surface area contributed by atoms with E-state index in [1.54, 1.807) is 0 Å². The highest BCUT2D eigenvalue weighted by Crippen LogP contribution is 2.24. The Kier molecular flexibility index (Phi) is 7.96. The molecule has 1 atom stereocenters. The molecule has 0 amide bonds. The lowest BCUT2D eigenvalue weighted by molar-refractivity contribution is 0.0891. The van der Waals surface area contributed by atoms with Crippen molar-refractivity contribution in [2.45, 2.75) is 12.5 Å². The van der Waals surface area contributed by atoms with Crippen molar-refractivity contribution in [3.8, 4) is 0 Å². The quantitative estimate of drug-likeness (QED) is 0.426. The first-order chi connectivity index (χ1) is 15.7. The molecule has 172 valence electrons. The molecular weight excluding hydrogens is 398 g/mol. The van der Waals surface area contributed by atoms with Crippen LogP contribution in [0.3, 0.4) is 0 Å². The number of guanidine groups is 1. The SMILES string of the molecule is CN=C(NCCCN1CCN(C)CC1c1ccccc1)N1CCN(c2ccccn2)CC1. The van der Waals surface area contributed by atoms with Gasteiger partial charge in [-0.3, -0.25) is 9.89 Å². The van der Waals surface area contributed by atoms with Gasteiger partial charge in [-0.15, -0.1) is 0 Å². The maximum Gasteiger partial charge on any atom is 0.193 e. The van der Waals surface area contributed by atoms with E-state index < -0.39 is 0 Å². The Labute approximate surface area is 192 Å². The van der Waals surface area contributed by atoms with Gasteiger partial charge < -0.3 is 20.0 Å². The first-order valence-electron chi connectivity index (χ1n) is 11.8. The summed E-state index contributed by atoms with van der Waals surface area (Å²) >= 11 is 0. The number of benzene rings is 1. The molecule has 7 nitrogen and oxygen atoms in total. The smallest absolute Gasteiger partial charge is 0.193 e. The third-order valence-electron chi connectivity index (χ3n) is 6.55. The summed E-state index contributed by atoms with van der Waals surface area (Å²) in [4.78, 5) is 18.8. The highest BCUT2D eigenvalue weighted by molar-refractivity contribution is 5.80. The second-order valence-corrected chi connectivity index (χ2v) is 8.71. The minimum atomic E-state index is 0.480. The number of anilines is 1. The first-order valence-corrected chi connectivity index (χ1v) is 11.8. The zero-order chi connectivity index (χ0) is 22.2. The van der Waals surface area contributed by atoms with Gasteiger partial charge in [0.15, 0.2) is 5.96 Å². The predicted octanol–water partition coefficient (Wildman–Crippen LogP) is 2.16. The molecule has 32 heavy (non-hydrogen) atoms. The molecule has 4 rings (SSSR count). The van der Waals surface area contributed by atoms with Crippen LogP contribution in [0.4, 0.5) is 5.82 Å². The molecular formula is C25H37N7. The highest BCUT2D eigenvalue weighted by Gasteiger charge is 2.26. The summed E-state index contributed by atoms with van der Waals surface area (Å²) in [5.74, 6) is 2.08. The molecule has 1 aromatic heterocycles. The molecule has 0 bridgehead atoms. The van der Waals surface area contributed by atoms with E-state index in [2.05, 4.69) is 84.4 Å². The van der Waals surface area contributed by atoms with Crippen LogP contribution < -0.4 is 10.2 Å². The van der Waals surface area contributed by atoms with Gasteiger partial charge in [0.2, 0.25) is 0 Å². The summed E-state index contributed by atoms with van der Waals surface area (Å²) in [5.41, 5.74) is 1.42. The van der Waals surface area contributed by atoms with Crippen molar-refractivity contribution >= 4 is 11.8 Å². The molecule has 1 aromatic carbocycles. The van der Waals surface area contributed by atoms with Gasteiger partial charge in [0.1, 0.15) is 5.82 Å². The van der Waals surface area contributed by atoms with Gasteiger partial charge in [0.25, 0.3) is 0 Å². The van der Waals surface area contributed by atoms with Crippen LogP contribution in [0.5, 0.6) is 0 Å². The van der Waals surface area contributed by atoms with Crippen molar-refractivity contribution in [1.82, 2.24) is 25.0 Å². The minimum Gasteiger partial charge on any atom is -0.356 e. The molecule has 0 radical (unpaired) electrons. The number of likely N-dealkylation sites (N-methyl/N-ethyl adjacent to an activating group) is 1. The van der Waals surface area contributed by atoms with E-state index in [-0.39, 0.29) is 0 Å². The van der Waals surface area contributed by atoms with Crippen LogP contribution in [0.15, 0.2) is 59.7 Å². The Bertz CT molecular complexity index is 834.